The molecule has 10 heteroatoms. The molecule has 0 bridgehead atoms. The van der Waals surface area contributed by atoms with Crippen LogP contribution in [-0.4, -0.2) is 46.7 Å². The maximum Gasteiger partial charge on any atom is 0.414 e. The molecule has 220 valence electrons. The van der Waals surface area contributed by atoms with Gasteiger partial charge in [0, 0.05) is 33.9 Å². The number of carbonyl (C=O) groups is 2. The van der Waals surface area contributed by atoms with E-state index in [0.717, 1.165) is 34.4 Å². The number of carbonyl (C=O) groups excluding carboxylic acids is 1. The number of nitrogens with zero attached hydrogens (tertiary/aromatic N) is 3. The highest BCUT2D eigenvalue weighted by molar-refractivity contribution is 6.31. The summed E-state index contributed by atoms with van der Waals surface area (Å²) in [4.78, 5) is 26.3. The zero-order chi connectivity index (χ0) is 30.7. The summed E-state index contributed by atoms with van der Waals surface area (Å²) in [5.41, 5.74) is 5.59. The Bertz CT molecular complexity index is 1700. The zero-order valence-electron chi connectivity index (χ0n) is 23.4. The van der Waals surface area contributed by atoms with Crippen molar-refractivity contribution in [3.63, 3.8) is 0 Å². The Labute approximate surface area is 259 Å². The van der Waals surface area contributed by atoms with Crippen LogP contribution in [0.25, 0.3) is 11.1 Å². The van der Waals surface area contributed by atoms with Crippen molar-refractivity contribution < 1.29 is 24.2 Å². The van der Waals surface area contributed by atoms with E-state index in [1.807, 2.05) is 43.5 Å². The number of ether oxygens (including phenoxy) is 2. The monoisotopic (exact) mass is 617 g/mol. The van der Waals surface area contributed by atoms with Crippen molar-refractivity contribution in [2.75, 3.05) is 24.7 Å². The molecule has 1 amide bonds. The number of fused-ring (bicyclic) bond motifs is 3. The highest BCUT2D eigenvalue weighted by atomic mass is 35.5. The van der Waals surface area contributed by atoms with Crippen molar-refractivity contribution in [1.82, 2.24) is 9.78 Å². The van der Waals surface area contributed by atoms with E-state index >= 15 is 0 Å². The number of hydrogen-bond acceptors (Lipinski definition) is 5. The van der Waals surface area contributed by atoms with Gasteiger partial charge in [0.15, 0.2) is 0 Å². The van der Waals surface area contributed by atoms with Crippen LogP contribution in [0.1, 0.15) is 39.4 Å². The lowest BCUT2D eigenvalue weighted by atomic mass is 9.93. The number of benzene rings is 3. The molecule has 1 saturated carbocycles. The van der Waals surface area contributed by atoms with Crippen LogP contribution in [0.2, 0.25) is 10.0 Å². The number of terminal acetylenes is 1. The minimum Gasteiger partial charge on any atom is -0.490 e. The third kappa shape index (κ3) is 6.34. The van der Waals surface area contributed by atoms with Gasteiger partial charge in [-0.05, 0) is 78.3 Å². The second kappa shape index (κ2) is 12.8. The molecular formula is C33H29Cl2N3O5. The summed E-state index contributed by atoms with van der Waals surface area (Å²) < 4.78 is 13.1. The van der Waals surface area contributed by atoms with Gasteiger partial charge in [-0.15, -0.1) is 12.8 Å². The minimum absolute atomic E-state index is 0.114. The number of carboxylic acids is 1. The van der Waals surface area contributed by atoms with Gasteiger partial charge < -0.3 is 14.6 Å². The van der Waals surface area contributed by atoms with Gasteiger partial charge in [-0.1, -0.05) is 41.4 Å². The van der Waals surface area contributed by atoms with Crippen LogP contribution in [-0.2, 0) is 11.3 Å². The second-order valence-electron chi connectivity index (χ2n) is 10.3. The molecule has 1 aliphatic heterocycles. The smallest absolute Gasteiger partial charge is 0.414 e. The Morgan fingerprint density at radius 2 is 1.86 bits per heavy atom. The van der Waals surface area contributed by atoms with Crippen LogP contribution in [0, 0.1) is 25.7 Å². The van der Waals surface area contributed by atoms with Gasteiger partial charge >= 0.3 is 12.1 Å². The lowest BCUT2D eigenvalue weighted by molar-refractivity contribution is 0.0696. The number of hydrogen-bond donors (Lipinski definition) is 1. The summed E-state index contributed by atoms with van der Waals surface area (Å²) >= 11 is 12.5. The fourth-order valence-corrected chi connectivity index (χ4v) is 5.78. The first kappa shape index (κ1) is 30.0. The van der Waals surface area contributed by atoms with Gasteiger partial charge in [-0.25, -0.2) is 9.59 Å². The summed E-state index contributed by atoms with van der Waals surface area (Å²) in [5.74, 6) is 0.420. The molecular weight excluding hydrogens is 589 g/mol. The zero-order valence-corrected chi connectivity index (χ0v) is 24.9. The average molecular weight is 619 g/mol. The largest absolute Gasteiger partial charge is 0.490 e. The molecule has 6 rings (SSSR count). The van der Waals surface area contributed by atoms with E-state index in [-0.39, 0.29) is 18.8 Å². The molecule has 8 nitrogen and oxygen atoms in total. The highest BCUT2D eigenvalue weighted by Gasteiger charge is 2.48. The van der Waals surface area contributed by atoms with E-state index in [0.29, 0.717) is 46.3 Å². The Kier molecular flexibility index (Phi) is 8.95. The quantitative estimate of drug-likeness (QED) is 0.165. The molecule has 2 heterocycles. The number of rotatable bonds is 8. The van der Waals surface area contributed by atoms with E-state index in [9.17, 15) is 14.7 Å². The first-order valence-electron chi connectivity index (χ1n) is 13.6. The van der Waals surface area contributed by atoms with Crippen LogP contribution >= 0.6 is 23.2 Å². The summed E-state index contributed by atoms with van der Waals surface area (Å²) in [7, 11) is 0. The summed E-state index contributed by atoms with van der Waals surface area (Å²) in [6.45, 7) is 3.16. The highest BCUT2D eigenvalue weighted by Crippen LogP contribution is 2.57. The van der Waals surface area contributed by atoms with Gasteiger partial charge in [0.2, 0.25) is 0 Å². The molecule has 2 aliphatic rings. The fourth-order valence-electron chi connectivity index (χ4n) is 5.43. The Morgan fingerprint density at radius 3 is 2.65 bits per heavy atom. The molecule has 43 heavy (non-hydrogen) atoms. The van der Waals surface area contributed by atoms with Crippen LogP contribution in [0.5, 0.6) is 5.75 Å². The molecule has 2 unspecified atom stereocenters. The molecule has 1 N–H and O–H groups in total. The van der Waals surface area contributed by atoms with E-state index in [4.69, 9.17) is 32.7 Å². The van der Waals surface area contributed by atoms with Crippen molar-refractivity contribution in [2.45, 2.75) is 25.8 Å². The van der Waals surface area contributed by atoms with E-state index in [1.165, 1.54) is 6.07 Å². The molecule has 4 aromatic rings. The van der Waals surface area contributed by atoms with E-state index < -0.39 is 12.1 Å². The maximum atomic E-state index is 13.2. The topological polar surface area (TPSA) is 93.9 Å². The number of aromatic nitrogens is 2. The molecule has 1 aromatic heterocycles. The van der Waals surface area contributed by atoms with Gasteiger partial charge in [-0.2, -0.15) is 5.10 Å². The Balaban J connectivity index is 0.00000180. The molecule has 0 saturated heterocycles. The van der Waals surface area contributed by atoms with Crippen molar-refractivity contribution in [3.8, 4) is 29.7 Å². The third-order valence-electron chi connectivity index (χ3n) is 7.66. The van der Waals surface area contributed by atoms with Crippen LogP contribution in [0.3, 0.4) is 0 Å². The molecule has 2 atom stereocenters. The number of halogens is 2. The van der Waals surface area contributed by atoms with Gasteiger partial charge in [-0.3, -0.25) is 9.58 Å². The summed E-state index contributed by atoms with van der Waals surface area (Å²) in [5, 5.41) is 15.0. The van der Waals surface area contributed by atoms with E-state index in [2.05, 4.69) is 17.9 Å². The van der Waals surface area contributed by atoms with E-state index in [1.54, 1.807) is 34.0 Å². The maximum absolute atomic E-state index is 13.2. The second-order valence-corrected chi connectivity index (χ2v) is 11.1. The van der Waals surface area contributed by atoms with Crippen LogP contribution in [0.15, 0.2) is 67.0 Å². The average Bonchev–Trinajstić information content (AvgIpc) is 3.66. The number of aromatic carboxylic acids is 1. The molecule has 0 spiro atoms. The van der Waals surface area contributed by atoms with Crippen molar-refractivity contribution in [3.05, 3.63) is 99.3 Å². The Hall–Kier alpha value is -4.45. The number of anilines is 1. The van der Waals surface area contributed by atoms with Crippen molar-refractivity contribution >= 4 is 41.0 Å². The molecule has 1 aliphatic carbocycles. The van der Waals surface area contributed by atoms with Crippen molar-refractivity contribution in [1.29, 1.82) is 0 Å². The number of amides is 1. The molecule has 0 radical (unpaired) electrons. The first-order chi connectivity index (χ1) is 20.8. The standard InChI is InChI=1S/C31H27Cl2N3O5.C2H2/c1-18-25(32)5-3-7-28(18)40-10-11-41-31(39)36-17-20-13-24(20)29-23(4-2-6-27(29)36)22-14-34-35(16-22)15-21-12-19(30(37)38)8-9-26(21)33;1-2/h2-9,12,14,16,20,24H,10-11,13,15,17H2,1H3,(H,37,38);1-2H. The minimum atomic E-state index is -1.01. The van der Waals surface area contributed by atoms with Gasteiger partial charge in [0.05, 0.1) is 24.0 Å². The molecule has 1 fully saturated rings. The van der Waals surface area contributed by atoms with Crippen LogP contribution in [0.4, 0.5) is 10.5 Å². The predicted octanol–water partition coefficient (Wildman–Crippen LogP) is 7.30. The molecule has 3 aromatic carbocycles. The predicted molar refractivity (Wildman–Crippen MR) is 166 cm³/mol. The normalized spacial score (nSPS) is 16.3. The van der Waals surface area contributed by atoms with Crippen LogP contribution < -0.4 is 9.64 Å². The summed E-state index contributed by atoms with van der Waals surface area (Å²) in [6.07, 6.45) is 12.3. The number of carboxylic acid groups (broad SMARTS) is 1. The lowest BCUT2D eigenvalue weighted by Crippen LogP contribution is -2.37. The summed E-state index contributed by atoms with van der Waals surface area (Å²) in [6, 6.07) is 16.0. The fraction of sp³-hybridized carbons (Fsp3) is 0.242. The van der Waals surface area contributed by atoms with Gasteiger partial charge in [0.25, 0.3) is 0 Å². The SMILES string of the molecule is C#C.Cc1c(Cl)cccc1OCCOC(=O)N1CC2CC2c2c(-c3cnn(Cc4cc(C(=O)O)ccc4Cl)c3)cccc21. The van der Waals surface area contributed by atoms with Crippen molar-refractivity contribution in [2.24, 2.45) is 5.92 Å². The first-order valence-corrected chi connectivity index (χ1v) is 14.4. The Morgan fingerprint density at radius 1 is 1.07 bits per heavy atom. The van der Waals surface area contributed by atoms with Gasteiger partial charge in [0.1, 0.15) is 19.0 Å². The third-order valence-corrected chi connectivity index (χ3v) is 8.44. The lowest BCUT2D eigenvalue weighted by Gasteiger charge is -2.29.